The third-order valence-electron chi connectivity index (χ3n) is 5.23. The highest BCUT2D eigenvalue weighted by atomic mass is 28.4. The number of nitriles is 1. The van der Waals surface area contributed by atoms with Gasteiger partial charge in [-0.25, -0.2) is 4.79 Å². The first-order valence-electron chi connectivity index (χ1n) is 10.0. The fourth-order valence-electron chi connectivity index (χ4n) is 3.77. The Balaban J connectivity index is 2.10. The van der Waals surface area contributed by atoms with Crippen LogP contribution in [0.1, 0.15) is 26.3 Å². The van der Waals surface area contributed by atoms with Crippen LogP contribution in [0.5, 0.6) is 5.75 Å². The van der Waals surface area contributed by atoms with E-state index in [0.717, 1.165) is 0 Å². The molecule has 0 aliphatic heterocycles. The molecule has 0 aliphatic rings. The minimum absolute atomic E-state index is 0.161. The van der Waals surface area contributed by atoms with Gasteiger partial charge in [-0.1, -0.05) is 93.6 Å². The highest BCUT2D eigenvalue weighted by molar-refractivity contribution is 7.00. The van der Waals surface area contributed by atoms with Gasteiger partial charge < -0.3 is 9.53 Å². The molecule has 0 bridgehead atoms. The van der Waals surface area contributed by atoms with Crippen LogP contribution in [0.3, 0.4) is 0 Å². The van der Waals surface area contributed by atoms with Crippen molar-refractivity contribution in [1.82, 2.24) is 0 Å². The first-order valence-corrected chi connectivity index (χ1v) is 11.9. The molecular formula is C26H25NO3Si. The summed E-state index contributed by atoms with van der Waals surface area (Å²) in [6.07, 6.45) is 1.36. The Morgan fingerprint density at radius 1 is 0.903 bits per heavy atom. The molecule has 4 nitrogen and oxygen atoms in total. The van der Waals surface area contributed by atoms with Gasteiger partial charge in [0.1, 0.15) is 17.4 Å². The van der Waals surface area contributed by atoms with E-state index in [4.69, 9.17) is 14.8 Å². The molecule has 1 N–H and O–H groups in total. The molecular weight excluding hydrogens is 402 g/mol. The molecule has 3 rings (SSSR count). The van der Waals surface area contributed by atoms with Crippen LogP contribution in [0, 0.1) is 11.3 Å². The minimum Gasteiger partial charge on any atom is -0.534 e. The minimum atomic E-state index is -2.73. The second-order valence-electron chi connectivity index (χ2n) is 8.31. The number of carbonyl (C=O) groups is 1. The van der Waals surface area contributed by atoms with E-state index in [1.807, 2.05) is 48.5 Å². The number of aliphatic carboxylic acids is 1. The second-order valence-corrected chi connectivity index (χ2v) is 12.5. The van der Waals surface area contributed by atoms with Gasteiger partial charge in [0.15, 0.2) is 0 Å². The fourth-order valence-corrected chi connectivity index (χ4v) is 8.19. The van der Waals surface area contributed by atoms with Crippen molar-refractivity contribution < 1.29 is 14.3 Å². The van der Waals surface area contributed by atoms with Crippen molar-refractivity contribution in [2.45, 2.75) is 25.8 Å². The number of carboxylic acids is 1. The molecule has 0 aromatic heterocycles. The molecule has 0 radical (unpaired) electrons. The molecule has 0 aliphatic carbocycles. The summed E-state index contributed by atoms with van der Waals surface area (Å²) in [4.78, 5) is 11.1. The van der Waals surface area contributed by atoms with Crippen molar-refractivity contribution in [3.8, 4) is 11.8 Å². The van der Waals surface area contributed by atoms with E-state index in [0.29, 0.717) is 11.3 Å². The first-order chi connectivity index (χ1) is 14.8. The number of carboxylic acid groups (broad SMARTS) is 1. The molecule has 3 aromatic rings. The Morgan fingerprint density at radius 3 is 1.77 bits per heavy atom. The van der Waals surface area contributed by atoms with Crippen molar-refractivity contribution in [3.05, 3.63) is 96.1 Å². The maximum Gasteiger partial charge on any atom is 0.346 e. The van der Waals surface area contributed by atoms with Crippen LogP contribution in [0.25, 0.3) is 6.08 Å². The monoisotopic (exact) mass is 427 g/mol. The number of hydrogen-bond acceptors (Lipinski definition) is 3. The van der Waals surface area contributed by atoms with Gasteiger partial charge in [0.05, 0.1) is 0 Å². The maximum absolute atomic E-state index is 11.1. The fraction of sp³-hybridized carbons (Fsp3) is 0.154. The normalized spacial score (nSPS) is 12.1. The number of benzene rings is 3. The highest BCUT2D eigenvalue weighted by Crippen LogP contribution is 2.37. The van der Waals surface area contributed by atoms with Crippen molar-refractivity contribution in [1.29, 1.82) is 5.26 Å². The topological polar surface area (TPSA) is 70.3 Å². The summed E-state index contributed by atoms with van der Waals surface area (Å²) in [7, 11) is -2.73. The maximum atomic E-state index is 11.1. The molecule has 156 valence electrons. The van der Waals surface area contributed by atoms with E-state index >= 15 is 0 Å². The average Bonchev–Trinajstić information content (AvgIpc) is 2.77. The highest BCUT2D eigenvalue weighted by Gasteiger charge is 2.52. The lowest BCUT2D eigenvalue weighted by atomic mass is 10.1. The molecule has 5 heteroatoms. The summed E-state index contributed by atoms with van der Waals surface area (Å²) in [5.74, 6) is -0.532. The molecule has 0 amide bonds. The van der Waals surface area contributed by atoms with E-state index in [1.54, 1.807) is 18.2 Å². The molecule has 0 atom stereocenters. The first kappa shape index (κ1) is 22.1. The average molecular weight is 428 g/mol. The Labute approximate surface area is 184 Å². The second kappa shape index (κ2) is 9.03. The van der Waals surface area contributed by atoms with Crippen LogP contribution in [-0.4, -0.2) is 19.4 Å². The third-order valence-corrected chi connectivity index (χ3v) is 10.2. The number of nitrogens with zero attached hydrogens (tertiary/aromatic N) is 1. The largest absolute Gasteiger partial charge is 0.534 e. The van der Waals surface area contributed by atoms with Crippen LogP contribution < -0.4 is 14.8 Å². The molecule has 0 fully saturated rings. The third kappa shape index (κ3) is 4.60. The molecule has 31 heavy (non-hydrogen) atoms. The lowest BCUT2D eigenvalue weighted by Crippen LogP contribution is -2.68. The summed E-state index contributed by atoms with van der Waals surface area (Å²) in [6.45, 7) is 6.63. The predicted molar refractivity (Wildman–Crippen MR) is 126 cm³/mol. The van der Waals surface area contributed by atoms with E-state index in [-0.39, 0.29) is 10.6 Å². The summed E-state index contributed by atoms with van der Waals surface area (Å²) in [6, 6.07) is 29.6. The lowest BCUT2D eigenvalue weighted by Gasteiger charge is -2.43. The van der Waals surface area contributed by atoms with E-state index in [2.05, 4.69) is 45.0 Å². The summed E-state index contributed by atoms with van der Waals surface area (Å²) >= 11 is 0. The number of rotatable bonds is 6. The Hall–Kier alpha value is -3.62. The van der Waals surface area contributed by atoms with Gasteiger partial charge in [0.25, 0.3) is 0 Å². The lowest BCUT2D eigenvalue weighted by molar-refractivity contribution is -0.132. The molecule has 0 spiro atoms. The zero-order valence-corrected chi connectivity index (χ0v) is 18.9. The summed E-state index contributed by atoms with van der Waals surface area (Å²) < 4.78 is 6.91. The van der Waals surface area contributed by atoms with Crippen LogP contribution in [0.2, 0.25) is 5.04 Å². The number of hydrogen-bond donors (Lipinski definition) is 1. The van der Waals surface area contributed by atoms with Gasteiger partial charge in [0, 0.05) is 0 Å². The Bertz CT molecular complexity index is 1070. The molecule has 3 aromatic carbocycles. The quantitative estimate of drug-likeness (QED) is 0.354. The van der Waals surface area contributed by atoms with Gasteiger partial charge in [-0.05, 0) is 39.2 Å². The zero-order valence-electron chi connectivity index (χ0n) is 17.9. The van der Waals surface area contributed by atoms with Gasteiger partial charge >= 0.3 is 14.3 Å². The Kier molecular flexibility index (Phi) is 6.43. The predicted octanol–water partition coefficient (Wildman–Crippen LogP) is 4.62. The molecule has 0 unspecified atom stereocenters. The smallest absolute Gasteiger partial charge is 0.346 e. The van der Waals surface area contributed by atoms with Crippen LogP contribution in [0.4, 0.5) is 0 Å². The van der Waals surface area contributed by atoms with Crippen molar-refractivity contribution >= 4 is 30.7 Å². The van der Waals surface area contributed by atoms with Crippen molar-refractivity contribution in [2.75, 3.05) is 0 Å². The van der Waals surface area contributed by atoms with E-state index < -0.39 is 14.3 Å². The summed E-state index contributed by atoms with van der Waals surface area (Å²) in [5, 5.41) is 20.3. The van der Waals surface area contributed by atoms with Gasteiger partial charge in [0.2, 0.25) is 0 Å². The molecule has 0 saturated heterocycles. The van der Waals surface area contributed by atoms with Crippen LogP contribution in [0.15, 0.2) is 90.5 Å². The SMILES string of the molecule is CC(C)(C)[Si](Oc1ccc(/C=C(\C#N)C(=O)O)cc1)(c1ccccc1)c1ccccc1. The van der Waals surface area contributed by atoms with E-state index in [1.165, 1.54) is 16.4 Å². The molecule has 0 saturated carbocycles. The van der Waals surface area contributed by atoms with Crippen LogP contribution >= 0.6 is 0 Å². The van der Waals surface area contributed by atoms with E-state index in [9.17, 15) is 4.79 Å². The zero-order chi connectivity index (χ0) is 22.5. The van der Waals surface area contributed by atoms with Gasteiger partial charge in [-0.2, -0.15) is 5.26 Å². The summed E-state index contributed by atoms with van der Waals surface area (Å²) in [5.41, 5.74) is 0.328. The standard InChI is InChI=1S/C26H25NO3Si/c1-26(2,3)31(23-10-6-4-7-11-23,24-12-8-5-9-13-24)30-22-16-14-20(15-17-22)18-21(19-27)25(28)29/h4-18H,1-3H3,(H,28,29)/b21-18+. The van der Waals surface area contributed by atoms with Gasteiger partial charge in [-0.3, -0.25) is 0 Å². The van der Waals surface area contributed by atoms with Crippen molar-refractivity contribution in [2.24, 2.45) is 0 Å². The van der Waals surface area contributed by atoms with Gasteiger partial charge in [-0.15, -0.1) is 0 Å². The van der Waals surface area contributed by atoms with Crippen molar-refractivity contribution in [3.63, 3.8) is 0 Å². The molecule has 0 heterocycles. The van der Waals surface area contributed by atoms with Crippen LogP contribution in [-0.2, 0) is 4.79 Å². The Morgan fingerprint density at radius 2 is 1.39 bits per heavy atom.